The molecule has 0 fully saturated rings. The summed E-state index contributed by atoms with van der Waals surface area (Å²) in [5.74, 6) is 0.463. The molecule has 0 bridgehead atoms. The van der Waals surface area contributed by atoms with Crippen molar-refractivity contribution in [1.82, 2.24) is 0 Å². The van der Waals surface area contributed by atoms with Gasteiger partial charge in [-0.3, -0.25) is 4.79 Å². The number of halogens is 1. The molecule has 1 heterocycles. The van der Waals surface area contributed by atoms with Crippen molar-refractivity contribution in [2.45, 2.75) is 6.92 Å². The third-order valence-corrected chi connectivity index (χ3v) is 4.00. The van der Waals surface area contributed by atoms with Crippen molar-refractivity contribution in [2.75, 3.05) is 13.2 Å². The van der Waals surface area contributed by atoms with Gasteiger partial charge in [-0.05, 0) is 42.8 Å². The molecule has 0 aliphatic carbocycles. The van der Waals surface area contributed by atoms with E-state index in [1.807, 2.05) is 24.3 Å². The second-order valence-corrected chi connectivity index (χ2v) is 6.16. The van der Waals surface area contributed by atoms with Crippen LogP contribution in [0.15, 0.2) is 52.7 Å². The van der Waals surface area contributed by atoms with Gasteiger partial charge in [0.1, 0.15) is 11.5 Å². The largest absolute Gasteiger partial charge is 0.482 e. The van der Waals surface area contributed by atoms with E-state index in [1.165, 1.54) is 0 Å². The molecular weight excluding hydrogens is 388 g/mol. The van der Waals surface area contributed by atoms with Crippen LogP contribution in [0.4, 0.5) is 0 Å². The Hall–Kier alpha value is -2.60. The van der Waals surface area contributed by atoms with Crippen LogP contribution < -0.4 is 9.47 Å². The number of fused-ring (bicyclic) bond motifs is 1. The maximum Gasteiger partial charge on any atom is 0.344 e. The highest BCUT2D eigenvalue weighted by atomic mass is 79.9. The SMILES string of the molecule is CCOC(=O)COc1ccc2c(c1)O/C(=C\c1ccc(Br)cc1)C2=O. The van der Waals surface area contributed by atoms with Gasteiger partial charge in [-0.15, -0.1) is 0 Å². The van der Waals surface area contributed by atoms with Crippen LogP contribution in [0, 0.1) is 0 Å². The second kappa shape index (κ2) is 7.53. The maximum absolute atomic E-state index is 12.4. The summed E-state index contributed by atoms with van der Waals surface area (Å²) in [5, 5.41) is 0. The van der Waals surface area contributed by atoms with Gasteiger partial charge in [-0.1, -0.05) is 28.1 Å². The fourth-order valence-electron chi connectivity index (χ4n) is 2.31. The van der Waals surface area contributed by atoms with Crippen LogP contribution in [0.1, 0.15) is 22.8 Å². The van der Waals surface area contributed by atoms with Crippen LogP contribution in [0.5, 0.6) is 11.5 Å². The average Bonchev–Trinajstić information content (AvgIpc) is 2.91. The summed E-state index contributed by atoms with van der Waals surface area (Å²) in [6.07, 6.45) is 1.69. The van der Waals surface area contributed by atoms with E-state index in [0.717, 1.165) is 10.0 Å². The van der Waals surface area contributed by atoms with Gasteiger partial charge in [0.2, 0.25) is 5.78 Å². The molecule has 25 heavy (non-hydrogen) atoms. The Kier molecular flexibility index (Phi) is 5.19. The zero-order valence-electron chi connectivity index (χ0n) is 13.5. The first kappa shape index (κ1) is 17.2. The van der Waals surface area contributed by atoms with Crippen molar-refractivity contribution in [2.24, 2.45) is 0 Å². The fourth-order valence-corrected chi connectivity index (χ4v) is 2.58. The average molecular weight is 403 g/mol. The first-order chi connectivity index (χ1) is 12.1. The summed E-state index contributed by atoms with van der Waals surface area (Å²) in [7, 11) is 0. The molecule has 0 saturated heterocycles. The van der Waals surface area contributed by atoms with Gasteiger partial charge in [0.05, 0.1) is 12.2 Å². The summed E-state index contributed by atoms with van der Waals surface area (Å²) in [4.78, 5) is 23.7. The van der Waals surface area contributed by atoms with Crippen LogP contribution in [0.25, 0.3) is 6.08 Å². The maximum atomic E-state index is 12.4. The third kappa shape index (κ3) is 4.09. The van der Waals surface area contributed by atoms with Crippen LogP contribution in [-0.4, -0.2) is 25.0 Å². The molecule has 5 nitrogen and oxygen atoms in total. The monoisotopic (exact) mass is 402 g/mol. The quantitative estimate of drug-likeness (QED) is 0.558. The van der Waals surface area contributed by atoms with Gasteiger partial charge in [-0.2, -0.15) is 0 Å². The minimum atomic E-state index is -0.448. The van der Waals surface area contributed by atoms with Gasteiger partial charge < -0.3 is 14.2 Å². The molecule has 0 aromatic heterocycles. The van der Waals surface area contributed by atoms with Crippen molar-refractivity contribution >= 4 is 33.8 Å². The summed E-state index contributed by atoms with van der Waals surface area (Å²) in [5.41, 5.74) is 1.32. The topological polar surface area (TPSA) is 61.8 Å². The van der Waals surface area contributed by atoms with Crippen LogP contribution in [-0.2, 0) is 9.53 Å². The van der Waals surface area contributed by atoms with Crippen LogP contribution in [0.3, 0.4) is 0 Å². The van der Waals surface area contributed by atoms with Gasteiger partial charge in [0.15, 0.2) is 12.4 Å². The number of carbonyl (C=O) groups excluding carboxylic acids is 2. The minimum Gasteiger partial charge on any atom is -0.482 e. The summed E-state index contributed by atoms with van der Waals surface area (Å²) >= 11 is 3.37. The minimum absolute atomic E-state index is 0.185. The highest BCUT2D eigenvalue weighted by Crippen LogP contribution is 2.35. The Morgan fingerprint density at radius 3 is 2.68 bits per heavy atom. The number of allylic oxidation sites excluding steroid dienone is 1. The molecule has 6 heteroatoms. The third-order valence-electron chi connectivity index (χ3n) is 3.47. The summed E-state index contributed by atoms with van der Waals surface area (Å²) in [6.45, 7) is 1.84. The first-order valence-corrected chi connectivity index (χ1v) is 8.48. The number of ether oxygens (including phenoxy) is 3. The lowest BCUT2D eigenvalue weighted by molar-refractivity contribution is -0.145. The van der Waals surface area contributed by atoms with Crippen LogP contribution in [0.2, 0.25) is 0 Å². The molecule has 1 aliphatic rings. The van der Waals surface area contributed by atoms with E-state index < -0.39 is 5.97 Å². The van der Waals surface area contributed by atoms with Gasteiger partial charge >= 0.3 is 5.97 Å². The lowest BCUT2D eigenvalue weighted by Crippen LogP contribution is -2.14. The number of hydrogen-bond acceptors (Lipinski definition) is 5. The Bertz CT molecular complexity index is 839. The molecule has 0 atom stereocenters. The number of esters is 1. The summed E-state index contributed by atoms with van der Waals surface area (Å²) in [6, 6.07) is 12.4. The van der Waals surface area contributed by atoms with Crippen molar-refractivity contribution in [1.29, 1.82) is 0 Å². The first-order valence-electron chi connectivity index (χ1n) is 7.69. The molecule has 0 saturated carbocycles. The number of hydrogen-bond donors (Lipinski definition) is 0. The van der Waals surface area contributed by atoms with E-state index >= 15 is 0 Å². The van der Waals surface area contributed by atoms with Crippen LogP contribution >= 0.6 is 15.9 Å². The highest BCUT2D eigenvalue weighted by Gasteiger charge is 2.27. The molecule has 0 unspecified atom stereocenters. The number of Topliss-reactive ketones (excluding diaryl/α,β-unsaturated/α-hetero) is 1. The Morgan fingerprint density at radius 1 is 1.20 bits per heavy atom. The van der Waals surface area contributed by atoms with Gasteiger partial charge in [-0.25, -0.2) is 4.79 Å². The molecule has 2 aromatic carbocycles. The summed E-state index contributed by atoms with van der Waals surface area (Å²) < 4.78 is 16.8. The fraction of sp³-hybridized carbons (Fsp3) is 0.158. The van der Waals surface area contributed by atoms with E-state index in [9.17, 15) is 9.59 Å². The number of benzene rings is 2. The Morgan fingerprint density at radius 2 is 1.96 bits per heavy atom. The zero-order chi connectivity index (χ0) is 17.8. The molecule has 128 valence electrons. The molecule has 0 radical (unpaired) electrons. The lowest BCUT2D eigenvalue weighted by atomic mass is 10.1. The molecule has 0 amide bonds. The van der Waals surface area contributed by atoms with Crippen molar-refractivity contribution in [3.05, 3.63) is 63.8 Å². The van der Waals surface area contributed by atoms with Crippen molar-refractivity contribution in [3.8, 4) is 11.5 Å². The van der Waals surface area contributed by atoms with E-state index in [1.54, 1.807) is 31.2 Å². The smallest absolute Gasteiger partial charge is 0.344 e. The Balaban J connectivity index is 1.74. The van der Waals surface area contributed by atoms with E-state index in [4.69, 9.17) is 14.2 Å². The molecule has 1 aliphatic heterocycles. The number of carbonyl (C=O) groups is 2. The highest BCUT2D eigenvalue weighted by molar-refractivity contribution is 9.10. The van der Waals surface area contributed by atoms with Gasteiger partial charge in [0.25, 0.3) is 0 Å². The molecule has 0 spiro atoms. The standard InChI is InChI=1S/C19H15BrO5/c1-2-23-18(21)11-24-14-7-8-15-16(10-14)25-17(19(15)22)9-12-3-5-13(20)6-4-12/h3-10H,2,11H2,1H3/b17-9-. The number of rotatable bonds is 5. The van der Waals surface area contributed by atoms with E-state index in [0.29, 0.717) is 23.7 Å². The predicted octanol–water partition coefficient (Wildman–Crippen LogP) is 4.01. The second-order valence-electron chi connectivity index (χ2n) is 5.24. The number of ketones is 1. The van der Waals surface area contributed by atoms with Gasteiger partial charge in [0, 0.05) is 10.5 Å². The van der Waals surface area contributed by atoms with E-state index in [-0.39, 0.29) is 18.1 Å². The van der Waals surface area contributed by atoms with E-state index in [2.05, 4.69) is 15.9 Å². The predicted molar refractivity (Wildman–Crippen MR) is 95.6 cm³/mol. The normalized spacial score (nSPS) is 14.2. The van der Waals surface area contributed by atoms with Crippen molar-refractivity contribution in [3.63, 3.8) is 0 Å². The lowest BCUT2D eigenvalue weighted by Gasteiger charge is -2.06. The molecule has 3 rings (SSSR count). The molecule has 0 N–H and O–H groups in total. The molecular formula is C19H15BrO5. The van der Waals surface area contributed by atoms with Crippen molar-refractivity contribution < 1.29 is 23.8 Å². The molecule has 2 aromatic rings. The zero-order valence-corrected chi connectivity index (χ0v) is 15.0. The Labute approximate surface area is 153 Å².